The maximum absolute atomic E-state index is 12.3. The summed E-state index contributed by atoms with van der Waals surface area (Å²) in [5.74, 6) is -0.466. The van der Waals surface area contributed by atoms with E-state index in [1.807, 2.05) is 72.8 Å². The lowest BCUT2D eigenvalue weighted by molar-refractivity contribution is -0.122. The van der Waals surface area contributed by atoms with Crippen LogP contribution >= 0.6 is 0 Å². The van der Waals surface area contributed by atoms with Gasteiger partial charge in [-0.2, -0.15) is 4.80 Å². The molecule has 0 radical (unpaired) electrons. The first-order valence-corrected chi connectivity index (χ1v) is 9.27. The number of nitrogens with zero attached hydrogens (tertiary/aromatic N) is 4. The predicted octanol–water partition coefficient (Wildman–Crippen LogP) is 2.47. The van der Waals surface area contributed by atoms with Gasteiger partial charge in [0.05, 0.1) is 0 Å². The normalized spacial score (nSPS) is 10.4. The molecular formula is C22H18N6O2. The second-order valence-electron chi connectivity index (χ2n) is 6.46. The molecule has 148 valence electrons. The van der Waals surface area contributed by atoms with Gasteiger partial charge in [0.2, 0.25) is 5.82 Å². The van der Waals surface area contributed by atoms with Gasteiger partial charge in [0.15, 0.2) is 0 Å². The number of nitrogens with one attached hydrogen (secondary N) is 2. The minimum atomic E-state index is -0.471. The van der Waals surface area contributed by atoms with Crippen LogP contribution in [0.4, 0.5) is 0 Å². The van der Waals surface area contributed by atoms with Crippen molar-refractivity contribution in [3.8, 4) is 22.5 Å². The van der Waals surface area contributed by atoms with Gasteiger partial charge in [-0.3, -0.25) is 20.4 Å². The van der Waals surface area contributed by atoms with Crippen molar-refractivity contribution in [3.63, 3.8) is 0 Å². The fourth-order valence-corrected chi connectivity index (χ4v) is 2.82. The molecule has 30 heavy (non-hydrogen) atoms. The van der Waals surface area contributed by atoms with E-state index in [2.05, 4.69) is 26.3 Å². The Kier molecular flexibility index (Phi) is 5.56. The minimum absolute atomic E-state index is 0.174. The maximum atomic E-state index is 12.3. The molecule has 4 aromatic rings. The minimum Gasteiger partial charge on any atom is -0.271 e. The molecule has 0 unspecified atom stereocenters. The average molecular weight is 398 g/mol. The van der Waals surface area contributed by atoms with Crippen LogP contribution in [-0.2, 0) is 11.3 Å². The average Bonchev–Trinajstić information content (AvgIpc) is 3.27. The molecule has 0 aliphatic rings. The quantitative estimate of drug-likeness (QED) is 0.503. The lowest BCUT2D eigenvalue weighted by atomic mass is 10.0. The van der Waals surface area contributed by atoms with Crippen molar-refractivity contribution >= 4 is 11.8 Å². The van der Waals surface area contributed by atoms with Crippen LogP contribution in [0.15, 0.2) is 84.9 Å². The molecule has 1 heterocycles. The molecule has 0 saturated carbocycles. The largest absolute Gasteiger partial charge is 0.271 e. The monoisotopic (exact) mass is 398 g/mol. The van der Waals surface area contributed by atoms with Crippen LogP contribution in [0.2, 0.25) is 0 Å². The maximum Gasteiger partial charge on any atom is 0.269 e. The Bertz CT molecular complexity index is 1140. The van der Waals surface area contributed by atoms with Crippen molar-refractivity contribution in [1.29, 1.82) is 0 Å². The molecule has 0 fully saturated rings. The fourth-order valence-electron chi connectivity index (χ4n) is 2.82. The van der Waals surface area contributed by atoms with Crippen LogP contribution in [0.1, 0.15) is 10.4 Å². The highest BCUT2D eigenvalue weighted by molar-refractivity contribution is 5.95. The number of carbonyl (C=O) groups is 2. The van der Waals surface area contributed by atoms with Crippen molar-refractivity contribution < 1.29 is 9.59 Å². The smallest absolute Gasteiger partial charge is 0.269 e. The second-order valence-corrected chi connectivity index (χ2v) is 6.46. The van der Waals surface area contributed by atoms with Crippen LogP contribution in [0.25, 0.3) is 22.5 Å². The van der Waals surface area contributed by atoms with Crippen LogP contribution in [0.5, 0.6) is 0 Å². The topological polar surface area (TPSA) is 102 Å². The molecule has 4 rings (SSSR count). The van der Waals surface area contributed by atoms with E-state index >= 15 is 0 Å². The molecule has 0 atom stereocenters. The van der Waals surface area contributed by atoms with Gasteiger partial charge in [-0.25, -0.2) is 0 Å². The van der Waals surface area contributed by atoms with Crippen LogP contribution in [0, 0.1) is 0 Å². The number of rotatable bonds is 5. The zero-order valence-corrected chi connectivity index (χ0v) is 15.9. The third kappa shape index (κ3) is 4.56. The summed E-state index contributed by atoms with van der Waals surface area (Å²) in [4.78, 5) is 25.5. The molecule has 2 N–H and O–H groups in total. The molecule has 0 aliphatic heterocycles. The number of hydrogen-bond donors (Lipinski definition) is 2. The van der Waals surface area contributed by atoms with Crippen LogP contribution in [-0.4, -0.2) is 32.0 Å². The number of hydrogen-bond acceptors (Lipinski definition) is 5. The lowest BCUT2D eigenvalue weighted by Gasteiger charge is -2.08. The summed E-state index contributed by atoms with van der Waals surface area (Å²) < 4.78 is 0. The van der Waals surface area contributed by atoms with E-state index < -0.39 is 11.8 Å². The Morgan fingerprint density at radius 3 is 2.00 bits per heavy atom. The molecule has 0 saturated heterocycles. The van der Waals surface area contributed by atoms with Crippen molar-refractivity contribution in [2.75, 3.05) is 0 Å². The standard InChI is InChI=1S/C22H18N6O2/c29-20(15-28-26-21(24-27-28)18-9-5-2-6-10-18)23-25-22(30)19-13-11-17(12-14-19)16-7-3-1-4-8-16/h1-14H,15H2,(H,23,29)(H,25,30). The first kappa shape index (κ1) is 19.0. The third-order valence-electron chi connectivity index (χ3n) is 4.34. The van der Waals surface area contributed by atoms with Gasteiger partial charge in [0, 0.05) is 11.1 Å². The number of benzene rings is 3. The summed E-state index contributed by atoms with van der Waals surface area (Å²) >= 11 is 0. The molecule has 8 nitrogen and oxygen atoms in total. The van der Waals surface area contributed by atoms with Gasteiger partial charge in [-0.05, 0) is 28.5 Å². The first-order valence-electron chi connectivity index (χ1n) is 9.27. The number of aromatic nitrogens is 4. The summed E-state index contributed by atoms with van der Waals surface area (Å²) in [6.07, 6.45) is 0. The number of carbonyl (C=O) groups excluding carboxylic acids is 2. The fraction of sp³-hybridized carbons (Fsp3) is 0.0455. The molecular weight excluding hydrogens is 380 g/mol. The second kappa shape index (κ2) is 8.78. The van der Waals surface area contributed by atoms with E-state index in [4.69, 9.17) is 0 Å². The Hall–Kier alpha value is -4.33. The van der Waals surface area contributed by atoms with Crippen molar-refractivity contribution in [1.82, 2.24) is 31.1 Å². The number of hydrazine groups is 1. The summed E-state index contributed by atoms with van der Waals surface area (Å²) in [6, 6.07) is 26.3. The third-order valence-corrected chi connectivity index (χ3v) is 4.34. The summed E-state index contributed by atoms with van der Waals surface area (Å²) in [5.41, 5.74) is 8.04. The predicted molar refractivity (Wildman–Crippen MR) is 111 cm³/mol. The van der Waals surface area contributed by atoms with Gasteiger partial charge in [-0.1, -0.05) is 72.8 Å². The Morgan fingerprint density at radius 2 is 1.33 bits per heavy atom. The van der Waals surface area contributed by atoms with Gasteiger partial charge in [-0.15, -0.1) is 10.2 Å². The molecule has 3 aromatic carbocycles. The van der Waals surface area contributed by atoms with Crippen molar-refractivity contribution in [2.24, 2.45) is 0 Å². The van der Waals surface area contributed by atoms with E-state index in [1.54, 1.807) is 12.1 Å². The summed E-state index contributed by atoms with van der Waals surface area (Å²) in [5, 5.41) is 12.0. The zero-order chi connectivity index (χ0) is 20.8. The lowest BCUT2D eigenvalue weighted by Crippen LogP contribution is -2.43. The molecule has 2 amide bonds. The van der Waals surface area contributed by atoms with E-state index in [1.165, 1.54) is 4.80 Å². The van der Waals surface area contributed by atoms with E-state index in [9.17, 15) is 9.59 Å². The molecule has 0 aliphatic carbocycles. The summed E-state index contributed by atoms with van der Waals surface area (Å²) in [7, 11) is 0. The van der Waals surface area contributed by atoms with Gasteiger partial charge in [0.1, 0.15) is 6.54 Å². The highest BCUT2D eigenvalue weighted by atomic mass is 16.2. The number of tetrazole rings is 1. The molecule has 0 bridgehead atoms. The first-order chi connectivity index (χ1) is 14.7. The highest BCUT2D eigenvalue weighted by Gasteiger charge is 2.11. The van der Waals surface area contributed by atoms with Crippen LogP contribution in [0.3, 0.4) is 0 Å². The van der Waals surface area contributed by atoms with E-state index in [0.29, 0.717) is 11.4 Å². The Morgan fingerprint density at radius 1 is 0.733 bits per heavy atom. The van der Waals surface area contributed by atoms with Gasteiger partial charge in [0.25, 0.3) is 11.8 Å². The van der Waals surface area contributed by atoms with Crippen molar-refractivity contribution in [2.45, 2.75) is 6.54 Å². The SMILES string of the molecule is O=C(Cn1nnc(-c2ccccc2)n1)NNC(=O)c1ccc(-c2ccccc2)cc1. The molecule has 0 spiro atoms. The molecule has 8 heteroatoms. The van der Waals surface area contributed by atoms with E-state index in [-0.39, 0.29) is 6.54 Å². The van der Waals surface area contributed by atoms with Gasteiger partial charge >= 0.3 is 0 Å². The van der Waals surface area contributed by atoms with Crippen LogP contribution < -0.4 is 10.9 Å². The van der Waals surface area contributed by atoms with Crippen molar-refractivity contribution in [3.05, 3.63) is 90.5 Å². The number of amides is 2. The zero-order valence-electron chi connectivity index (χ0n) is 15.9. The summed E-state index contributed by atoms with van der Waals surface area (Å²) in [6.45, 7) is -0.174. The molecule has 1 aromatic heterocycles. The van der Waals surface area contributed by atoms with Gasteiger partial charge < -0.3 is 0 Å². The Balaban J connectivity index is 1.31. The Labute approximate surface area is 172 Å². The highest BCUT2D eigenvalue weighted by Crippen LogP contribution is 2.19. The van der Waals surface area contributed by atoms with E-state index in [0.717, 1.165) is 16.7 Å².